The number of carbonyl (C=O) groups is 4. The third-order valence-electron chi connectivity index (χ3n) is 4.34. The quantitative estimate of drug-likeness (QED) is 0.385. The van der Waals surface area contributed by atoms with Gasteiger partial charge in [0.05, 0.1) is 19.4 Å². The molecule has 2 aromatic rings. The van der Waals surface area contributed by atoms with Gasteiger partial charge in [0.25, 0.3) is 11.8 Å². The summed E-state index contributed by atoms with van der Waals surface area (Å²) in [6, 6.07) is 9.79. The van der Waals surface area contributed by atoms with E-state index in [-0.39, 0.29) is 36.0 Å². The van der Waals surface area contributed by atoms with Crippen molar-refractivity contribution >= 4 is 47.2 Å². The summed E-state index contributed by atoms with van der Waals surface area (Å²) in [6.45, 7) is 1.62. The lowest BCUT2D eigenvalue weighted by Crippen LogP contribution is -2.54. The highest BCUT2D eigenvalue weighted by Gasteiger charge is 2.36. The average molecular weight is 459 g/mol. The zero-order chi connectivity index (χ0) is 23.3. The first-order chi connectivity index (χ1) is 15.3. The van der Waals surface area contributed by atoms with E-state index in [4.69, 9.17) is 25.8 Å². The van der Waals surface area contributed by atoms with E-state index in [0.717, 1.165) is 4.90 Å². The first kappa shape index (κ1) is 22.8. The van der Waals surface area contributed by atoms with Crippen molar-refractivity contribution in [1.82, 2.24) is 5.32 Å². The van der Waals surface area contributed by atoms with Crippen LogP contribution in [0.15, 0.2) is 48.0 Å². The fraction of sp³-hybridized carbons (Fsp3) is 0.182. The zero-order valence-corrected chi connectivity index (χ0v) is 18.0. The molecule has 1 aliphatic rings. The molecule has 0 aliphatic carbocycles. The van der Waals surface area contributed by atoms with Crippen molar-refractivity contribution in [3.8, 4) is 11.5 Å². The summed E-state index contributed by atoms with van der Waals surface area (Å²) in [6.07, 6.45) is 1.32. The van der Waals surface area contributed by atoms with Gasteiger partial charge in [-0.1, -0.05) is 17.7 Å². The summed E-state index contributed by atoms with van der Waals surface area (Å²) < 4.78 is 15.5. The number of urea groups is 1. The van der Waals surface area contributed by atoms with Crippen LogP contribution in [0.25, 0.3) is 6.08 Å². The maximum absolute atomic E-state index is 12.9. The molecule has 0 spiro atoms. The molecule has 0 saturated carbocycles. The number of barbiturate groups is 1. The molecule has 0 bridgehead atoms. The maximum Gasteiger partial charge on any atom is 0.344 e. The van der Waals surface area contributed by atoms with E-state index < -0.39 is 23.8 Å². The summed E-state index contributed by atoms with van der Waals surface area (Å²) >= 11 is 5.86. The van der Waals surface area contributed by atoms with Gasteiger partial charge in [0.15, 0.2) is 18.1 Å². The molecule has 2 aromatic carbocycles. The number of methoxy groups -OCH3 is 1. The molecule has 1 N–H and O–H groups in total. The molecule has 0 aromatic heterocycles. The van der Waals surface area contributed by atoms with Crippen molar-refractivity contribution < 1.29 is 33.4 Å². The van der Waals surface area contributed by atoms with Gasteiger partial charge in [-0.3, -0.25) is 14.9 Å². The number of nitrogens with zero attached hydrogens (tertiary/aromatic N) is 1. The highest BCUT2D eigenvalue weighted by Crippen LogP contribution is 2.30. The van der Waals surface area contributed by atoms with Crippen LogP contribution in [-0.2, 0) is 19.1 Å². The fourth-order valence-corrected chi connectivity index (χ4v) is 3.01. The molecule has 0 radical (unpaired) electrons. The number of esters is 1. The molecule has 9 nitrogen and oxygen atoms in total. The number of halogens is 1. The van der Waals surface area contributed by atoms with E-state index in [0.29, 0.717) is 10.6 Å². The number of benzene rings is 2. The van der Waals surface area contributed by atoms with Crippen molar-refractivity contribution in [3.63, 3.8) is 0 Å². The second-order valence-corrected chi connectivity index (χ2v) is 6.87. The summed E-state index contributed by atoms with van der Waals surface area (Å²) in [5.41, 5.74) is 0.451. The smallest absolute Gasteiger partial charge is 0.344 e. The van der Waals surface area contributed by atoms with Gasteiger partial charge in [0, 0.05) is 5.02 Å². The third-order valence-corrected chi connectivity index (χ3v) is 4.59. The van der Waals surface area contributed by atoms with Crippen LogP contribution in [0, 0.1) is 0 Å². The molecule has 32 heavy (non-hydrogen) atoms. The normalized spacial score (nSPS) is 14.9. The van der Waals surface area contributed by atoms with Crippen molar-refractivity contribution in [2.45, 2.75) is 6.92 Å². The molecule has 1 aliphatic heterocycles. The first-order valence-electron chi connectivity index (χ1n) is 9.47. The van der Waals surface area contributed by atoms with E-state index in [9.17, 15) is 19.2 Å². The van der Waals surface area contributed by atoms with Gasteiger partial charge in [0.1, 0.15) is 5.57 Å². The van der Waals surface area contributed by atoms with Crippen LogP contribution in [0.1, 0.15) is 12.5 Å². The standard InChI is InChI=1S/C22H19ClN2O7/c1-3-31-19(26)12-32-17-9-4-13(11-18(17)30-2)10-16-20(27)24-22(29)25(21(16)28)15-7-5-14(23)6-8-15/h4-11H,3,12H2,1-2H3,(H,24,27,29)/b16-10+. The Labute approximate surface area is 188 Å². The second-order valence-electron chi connectivity index (χ2n) is 6.44. The number of hydrogen-bond acceptors (Lipinski definition) is 7. The highest BCUT2D eigenvalue weighted by molar-refractivity contribution is 6.39. The Kier molecular flexibility index (Phi) is 7.11. The van der Waals surface area contributed by atoms with Gasteiger partial charge in [-0.25, -0.2) is 14.5 Å². The van der Waals surface area contributed by atoms with E-state index >= 15 is 0 Å². The number of ether oxygens (including phenoxy) is 3. The Morgan fingerprint density at radius 3 is 2.47 bits per heavy atom. The summed E-state index contributed by atoms with van der Waals surface area (Å²) in [5.74, 6) is -1.59. The molecule has 4 amide bonds. The van der Waals surface area contributed by atoms with E-state index in [1.54, 1.807) is 13.0 Å². The predicted molar refractivity (Wildman–Crippen MR) is 116 cm³/mol. The number of nitrogens with one attached hydrogen (secondary N) is 1. The van der Waals surface area contributed by atoms with Crippen LogP contribution < -0.4 is 19.7 Å². The van der Waals surface area contributed by atoms with E-state index in [1.165, 1.54) is 49.6 Å². The summed E-state index contributed by atoms with van der Waals surface area (Å²) in [7, 11) is 1.41. The molecule has 1 saturated heterocycles. The van der Waals surface area contributed by atoms with Crippen LogP contribution in [0.5, 0.6) is 11.5 Å². The Bertz CT molecular complexity index is 1100. The summed E-state index contributed by atoms with van der Waals surface area (Å²) in [4.78, 5) is 49.9. The third kappa shape index (κ3) is 5.06. The van der Waals surface area contributed by atoms with Gasteiger partial charge in [-0.2, -0.15) is 0 Å². The minimum atomic E-state index is -0.861. The highest BCUT2D eigenvalue weighted by atomic mass is 35.5. The molecule has 166 valence electrons. The number of anilines is 1. The van der Waals surface area contributed by atoms with Gasteiger partial charge in [-0.15, -0.1) is 0 Å². The lowest BCUT2D eigenvalue weighted by Gasteiger charge is -2.26. The van der Waals surface area contributed by atoms with Crippen molar-refractivity contribution in [2.24, 2.45) is 0 Å². The molecule has 0 atom stereocenters. The van der Waals surface area contributed by atoms with E-state index in [1.807, 2.05) is 0 Å². The van der Waals surface area contributed by atoms with Crippen LogP contribution in [0.4, 0.5) is 10.5 Å². The number of rotatable bonds is 7. The maximum atomic E-state index is 12.9. The number of carbonyl (C=O) groups excluding carboxylic acids is 4. The molecule has 1 heterocycles. The van der Waals surface area contributed by atoms with Crippen LogP contribution in [0.2, 0.25) is 5.02 Å². The molecule has 10 heteroatoms. The fourth-order valence-electron chi connectivity index (χ4n) is 2.88. The van der Waals surface area contributed by atoms with Crippen molar-refractivity contribution in [2.75, 3.05) is 25.2 Å². The van der Waals surface area contributed by atoms with Gasteiger partial charge in [-0.05, 0) is 55.0 Å². The van der Waals surface area contributed by atoms with Gasteiger partial charge in [0.2, 0.25) is 0 Å². The van der Waals surface area contributed by atoms with Gasteiger partial charge < -0.3 is 14.2 Å². The van der Waals surface area contributed by atoms with E-state index in [2.05, 4.69) is 5.32 Å². The van der Waals surface area contributed by atoms with Gasteiger partial charge >= 0.3 is 12.0 Å². The lowest BCUT2D eigenvalue weighted by atomic mass is 10.1. The predicted octanol–water partition coefficient (Wildman–Crippen LogP) is 2.96. The second kappa shape index (κ2) is 9.97. The SMILES string of the molecule is CCOC(=O)COc1ccc(/C=C2\C(=O)NC(=O)N(c3ccc(Cl)cc3)C2=O)cc1OC. The Hall–Kier alpha value is -3.85. The molecule has 0 unspecified atom stereocenters. The van der Waals surface area contributed by atoms with Crippen LogP contribution in [0.3, 0.4) is 0 Å². The Balaban J connectivity index is 1.87. The number of hydrogen-bond donors (Lipinski definition) is 1. The molecular formula is C22H19ClN2O7. The molecule has 1 fully saturated rings. The largest absolute Gasteiger partial charge is 0.493 e. The van der Waals surface area contributed by atoms with Crippen LogP contribution >= 0.6 is 11.6 Å². The Morgan fingerprint density at radius 2 is 1.81 bits per heavy atom. The van der Waals surface area contributed by atoms with Crippen molar-refractivity contribution in [1.29, 1.82) is 0 Å². The minimum Gasteiger partial charge on any atom is -0.493 e. The minimum absolute atomic E-state index is 0.234. The molecule has 3 rings (SSSR count). The Morgan fingerprint density at radius 1 is 1.09 bits per heavy atom. The number of amides is 4. The lowest BCUT2D eigenvalue weighted by molar-refractivity contribution is -0.145. The monoisotopic (exact) mass is 458 g/mol. The number of imide groups is 2. The zero-order valence-electron chi connectivity index (χ0n) is 17.2. The average Bonchev–Trinajstić information content (AvgIpc) is 2.77. The van der Waals surface area contributed by atoms with Crippen molar-refractivity contribution in [3.05, 3.63) is 58.6 Å². The summed E-state index contributed by atoms with van der Waals surface area (Å²) in [5, 5.41) is 2.58. The topological polar surface area (TPSA) is 111 Å². The van der Waals surface area contributed by atoms with Crippen LogP contribution in [-0.4, -0.2) is 44.1 Å². The first-order valence-corrected chi connectivity index (χ1v) is 9.85. The molecular weight excluding hydrogens is 440 g/mol.